The molecule has 0 aliphatic carbocycles. The van der Waals surface area contributed by atoms with E-state index in [0.717, 1.165) is 97.6 Å². The number of hydrogen-bond acceptors (Lipinski definition) is 5. The van der Waals surface area contributed by atoms with Gasteiger partial charge >= 0.3 is 17.9 Å². The Morgan fingerprint density at radius 3 is 2.07 bits per heavy atom. The van der Waals surface area contributed by atoms with Gasteiger partial charge in [0.2, 0.25) is 0 Å². The number of fused-ring (bicyclic) bond motifs is 1. The molecule has 1 aliphatic rings. The van der Waals surface area contributed by atoms with Crippen LogP contribution < -0.4 is 9.47 Å². The maximum Gasteiger partial charge on any atom is 0.344 e. The first kappa shape index (κ1) is 35.4. The third-order valence-electron chi connectivity index (χ3n) is 8.76. The summed E-state index contributed by atoms with van der Waals surface area (Å²) in [5.74, 6) is -2.37. The molecule has 0 spiro atoms. The molecule has 242 valence electrons. The summed E-state index contributed by atoms with van der Waals surface area (Å²) in [5, 5.41) is 18.9. The van der Waals surface area contributed by atoms with E-state index in [9.17, 15) is 24.6 Å². The lowest BCUT2D eigenvalue weighted by Gasteiger charge is -2.38. The summed E-state index contributed by atoms with van der Waals surface area (Å²) < 4.78 is 12.5. The first-order valence-electron chi connectivity index (χ1n) is 15.7. The van der Waals surface area contributed by atoms with Crippen molar-refractivity contribution in [1.29, 1.82) is 0 Å². The van der Waals surface area contributed by atoms with E-state index in [1.54, 1.807) is 0 Å². The highest BCUT2D eigenvalue weighted by molar-refractivity contribution is 6.05. The summed E-state index contributed by atoms with van der Waals surface area (Å²) >= 11 is 0. The largest absolute Gasteiger partial charge is 0.487 e. The van der Waals surface area contributed by atoms with Crippen LogP contribution in [0.15, 0.2) is 53.1 Å². The average Bonchev–Trinajstić information content (AvgIpc) is 2.97. The second-order valence-electron chi connectivity index (χ2n) is 12.8. The number of hydrogen-bond donors (Lipinski definition) is 2. The molecule has 2 aromatic rings. The lowest BCUT2D eigenvalue weighted by atomic mass is 9.85. The van der Waals surface area contributed by atoms with Gasteiger partial charge in [0, 0.05) is 5.56 Å². The van der Waals surface area contributed by atoms with Crippen LogP contribution >= 0.6 is 0 Å². The molecule has 7 nitrogen and oxygen atoms in total. The Balaban J connectivity index is 1.71. The number of aromatic carboxylic acids is 2. The molecule has 1 atom stereocenters. The van der Waals surface area contributed by atoms with Crippen molar-refractivity contribution < 1.29 is 34.1 Å². The first-order valence-corrected chi connectivity index (χ1v) is 15.7. The summed E-state index contributed by atoms with van der Waals surface area (Å²) in [6.07, 6.45) is 14.6. The fourth-order valence-corrected chi connectivity index (χ4v) is 5.75. The van der Waals surface area contributed by atoms with Crippen LogP contribution in [0.5, 0.6) is 11.5 Å². The molecule has 0 unspecified atom stereocenters. The molecule has 0 saturated heterocycles. The topological polar surface area (TPSA) is 110 Å². The van der Waals surface area contributed by atoms with Crippen molar-refractivity contribution >= 4 is 17.9 Å². The van der Waals surface area contributed by atoms with Crippen molar-refractivity contribution in [1.82, 2.24) is 0 Å². The van der Waals surface area contributed by atoms with Gasteiger partial charge in [-0.15, -0.1) is 0 Å². The van der Waals surface area contributed by atoms with Gasteiger partial charge in [-0.2, -0.15) is 0 Å². The molecule has 2 N–H and O–H groups in total. The number of ether oxygens (including phenoxy) is 2. The summed E-state index contributed by atoms with van der Waals surface area (Å²) in [6.45, 7) is 16.5. The smallest absolute Gasteiger partial charge is 0.344 e. The van der Waals surface area contributed by atoms with Gasteiger partial charge in [-0.3, -0.25) is 0 Å². The molecular formula is C38H48O7. The van der Waals surface area contributed by atoms with Crippen molar-refractivity contribution in [2.24, 2.45) is 0 Å². The van der Waals surface area contributed by atoms with E-state index in [2.05, 4.69) is 52.8 Å². The van der Waals surface area contributed by atoms with Gasteiger partial charge in [0.25, 0.3) is 0 Å². The maximum absolute atomic E-state index is 13.2. The predicted molar refractivity (Wildman–Crippen MR) is 178 cm³/mol. The van der Waals surface area contributed by atoms with Crippen LogP contribution in [0.1, 0.15) is 133 Å². The van der Waals surface area contributed by atoms with Crippen molar-refractivity contribution in [2.75, 3.05) is 0 Å². The molecule has 1 aliphatic heterocycles. The Bertz CT molecular complexity index is 1550. The van der Waals surface area contributed by atoms with E-state index < -0.39 is 17.9 Å². The maximum atomic E-state index is 13.2. The van der Waals surface area contributed by atoms with Crippen molar-refractivity contribution in [3.8, 4) is 11.5 Å². The molecule has 0 amide bonds. The van der Waals surface area contributed by atoms with Crippen LogP contribution in [0, 0.1) is 20.8 Å². The molecule has 7 heteroatoms. The zero-order valence-electron chi connectivity index (χ0n) is 28.1. The summed E-state index contributed by atoms with van der Waals surface area (Å²) in [6, 6.07) is 3.30. The van der Waals surface area contributed by atoms with Crippen LogP contribution in [0.2, 0.25) is 0 Å². The van der Waals surface area contributed by atoms with Crippen LogP contribution in [0.4, 0.5) is 0 Å². The van der Waals surface area contributed by atoms with E-state index in [4.69, 9.17) is 9.47 Å². The Morgan fingerprint density at radius 2 is 1.47 bits per heavy atom. The fraction of sp³-hybridized carbons (Fsp3) is 0.447. The molecule has 0 fully saturated rings. The summed E-state index contributed by atoms with van der Waals surface area (Å²) in [5.41, 5.74) is 6.34. The molecule has 1 heterocycles. The van der Waals surface area contributed by atoms with Crippen molar-refractivity contribution in [3.05, 3.63) is 92.1 Å². The van der Waals surface area contributed by atoms with Gasteiger partial charge in [-0.05, 0) is 142 Å². The number of benzene rings is 2. The Kier molecular flexibility index (Phi) is 12.0. The monoisotopic (exact) mass is 616 g/mol. The number of rotatable bonds is 13. The van der Waals surface area contributed by atoms with E-state index in [1.165, 1.54) is 16.7 Å². The summed E-state index contributed by atoms with van der Waals surface area (Å²) in [7, 11) is 0. The van der Waals surface area contributed by atoms with E-state index >= 15 is 0 Å². The number of carbonyl (C=O) groups is 3. The minimum absolute atomic E-state index is 0.197. The second-order valence-corrected chi connectivity index (χ2v) is 12.8. The zero-order valence-corrected chi connectivity index (χ0v) is 28.1. The Morgan fingerprint density at radius 1 is 0.844 bits per heavy atom. The highest BCUT2D eigenvalue weighted by atomic mass is 16.5. The van der Waals surface area contributed by atoms with E-state index in [1.807, 2.05) is 20.8 Å². The van der Waals surface area contributed by atoms with Crippen molar-refractivity contribution in [2.45, 2.75) is 112 Å². The number of esters is 1. The average molecular weight is 617 g/mol. The first-order chi connectivity index (χ1) is 21.1. The van der Waals surface area contributed by atoms with Gasteiger partial charge in [0.1, 0.15) is 17.1 Å². The quantitative estimate of drug-likeness (QED) is 0.131. The lowest BCUT2D eigenvalue weighted by molar-refractivity contribution is 0.0553. The van der Waals surface area contributed by atoms with Gasteiger partial charge in [-0.25, -0.2) is 14.4 Å². The highest BCUT2D eigenvalue weighted by Crippen LogP contribution is 2.45. The fourth-order valence-electron chi connectivity index (χ4n) is 5.75. The van der Waals surface area contributed by atoms with Crippen LogP contribution in [-0.2, 0) is 6.42 Å². The molecule has 0 aromatic heterocycles. The number of carboxylic acid groups (broad SMARTS) is 2. The second kappa shape index (κ2) is 15.2. The van der Waals surface area contributed by atoms with E-state index in [0.29, 0.717) is 5.75 Å². The van der Waals surface area contributed by atoms with E-state index in [-0.39, 0.29) is 22.3 Å². The van der Waals surface area contributed by atoms with Crippen LogP contribution in [0.3, 0.4) is 0 Å². The lowest BCUT2D eigenvalue weighted by Crippen LogP contribution is -2.37. The van der Waals surface area contributed by atoms with Gasteiger partial charge in [-0.1, -0.05) is 34.9 Å². The summed E-state index contributed by atoms with van der Waals surface area (Å²) in [4.78, 5) is 36.4. The molecular weight excluding hydrogens is 568 g/mol. The SMILES string of the molecule is CC(C)=CCCC(C)=CCCC(C)=CCC[C@]1(C)CCc2c(C)c(OC(=O)c3cc(C(=O)O)ccc3C(=O)O)c(C)c(C)c2O1. The highest BCUT2D eigenvalue weighted by Gasteiger charge is 2.35. The van der Waals surface area contributed by atoms with Gasteiger partial charge < -0.3 is 19.7 Å². The third-order valence-corrected chi connectivity index (χ3v) is 8.76. The molecule has 0 bridgehead atoms. The van der Waals surface area contributed by atoms with Gasteiger partial charge in [0.05, 0.1) is 16.7 Å². The number of allylic oxidation sites excluding steroid dienone is 6. The minimum atomic E-state index is -1.34. The number of carbonyl (C=O) groups excluding carboxylic acids is 1. The zero-order chi connectivity index (χ0) is 33.5. The Hall–Kier alpha value is -4.13. The third kappa shape index (κ3) is 9.19. The standard InChI is InChI=1S/C38H48O7/c1-23(2)12-9-13-24(3)14-10-15-25(4)16-11-20-38(8)21-19-30-28(7)33(26(5)27(6)34(30)45-38)44-37(43)32-22-29(35(39)40)17-18-31(32)36(41)42/h12,14,16-18,22H,9-11,13,15,19-21H2,1-8H3,(H,39,40)(H,41,42)/t38-/m1/s1. The molecule has 2 aromatic carbocycles. The number of carboxylic acids is 2. The van der Waals surface area contributed by atoms with Gasteiger partial charge in [0.15, 0.2) is 0 Å². The minimum Gasteiger partial charge on any atom is -0.487 e. The van der Waals surface area contributed by atoms with Crippen LogP contribution in [0.25, 0.3) is 0 Å². The molecule has 0 saturated carbocycles. The molecule has 3 rings (SSSR count). The Labute approximate surface area is 267 Å². The molecule has 0 radical (unpaired) electrons. The van der Waals surface area contributed by atoms with Crippen LogP contribution in [-0.4, -0.2) is 33.7 Å². The van der Waals surface area contributed by atoms with Crippen molar-refractivity contribution in [3.63, 3.8) is 0 Å². The molecule has 45 heavy (non-hydrogen) atoms. The predicted octanol–water partition coefficient (Wildman–Crippen LogP) is 9.51. The normalized spacial score (nSPS) is 16.4.